The van der Waals surface area contributed by atoms with Crippen molar-refractivity contribution in [2.24, 2.45) is 0 Å². The van der Waals surface area contributed by atoms with Gasteiger partial charge in [-0.3, -0.25) is 4.79 Å². The lowest BCUT2D eigenvalue weighted by Crippen LogP contribution is -2.21. The maximum atomic E-state index is 11.9. The normalized spacial score (nSPS) is 10.0. The molecule has 0 unspecified atom stereocenters. The average molecular weight is 377 g/mol. The number of amides is 1. The Kier molecular flexibility index (Phi) is 5.76. The van der Waals surface area contributed by atoms with Gasteiger partial charge in [-0.05, 0) is 48.5 Å². The Morgan fingerprint density at radius 1 is 1.04 bits per heavy atom. The number of nitrogens with zero attached hydrogens (tertiary/aromatic N) is 1. The van der Waals surface area contributed by atoms with Crippen molar-refractivity contribution in [3.8, 4) is 0 Å². The zero-order valence-corrected chi connectivity index (χ0v) is 14.5. The van der Waals surface area contributed by atoms with Crippen molar-refractivity contribution in [2.45, 2.75) is 0 Å². The van der Waals surface area contributed by atoms with Gasteiger partial charge in [-0.25, -0.2) is 4.79 Å². The average Bonchev–Trinajstić information content (AvgIpc) is 2.55. The fraction of sp³-hybridized carbons (Fsp3) is 0.176. The third-order valence-electron chi connectivity index (χ3n) is 3.08. The van der Waals surface area contributed by atoms with Crippen LogP contribution in [0.2, 0.25) is 0 Å². The van der Waals surface area contributed by atoms with E-state index in [0.29, 0.717) is 11.3 Å². The molecule has 1 amide bonds. The van der Waals surface area contributed by atoms with E-state index in [1.54, 1.807) is 24.3 Å². The maximum Gasteiger partial charge on any atom is 0.338 e. The number of carbonyl (C=O) groups excluding carboxylic acids is 2. The van der Waals surface area contributed by atoms with Gasteiger partial charge in [-0.2, -0.15) is 0 Å². The first-order chi connectivity index (χ1) is 11.0. The van der Waals surface area contributed by atoms with Crippen LogP contribution in [0.1, 0.15) is 10.4 Å². The molecule has 0 aliphatic carbocycles. The third kappa shape index (κ3) is 5.10. The number of esters is 1. The summed E-state index contributed by atoms with van der Waals surface area (Å²) in [6, 6.07) is 14.1. The number of benzene rings is 2. The Morgan fingerprint density at radius 3 is 2.22 bits per heavy atom. The molecular formula is C17H17BrN2O3. The zero-order valence-electron chi connectivity index (χ0n) is 12.9. The van der Waals surface area contributed by atoms with Crippen LogP contribution in [0.25, 0.3) is 0 Å². The van der Waals surface area contributed by atoms with Gasteiger partial charge in [-0.15, -0.1) is 0 Å². The van der Waals surface area contributed by atoms with Crippen LogP contribution in [0, 0.1) is 0 Å². The monoisotopic (exact) mass is 376 g/mol. The molecule has 6 heteroatoms. The topological polar surface area (TPSA) is 58.6 Å². The number of ether oxygens (including phenoxy) is 1. The number of carbonyl (C=O) groups is 2. The molecule has 0 saturated carbocycles. The minimum absolute atomic E-state index is 0.329. The summed E-state index contributed by atoms with van der Waals surface area (Å²) in [5.41, 5.74) is 2.03. The van der Waals surface area contributed by atoms with Crippen LogP contribution in [0.5, 0.6) is 0 Å². The maximum absolute atomic E-state index is 11.9. The molecule has 0 atom stereocenters. The van der Waals surface area contributed by atoms with Crippen LogP contribution in [0.15, 0.2) is 53.0 Å². The van der Waals surface area contributed by atoms with Gasteiger partial charge in [0.15, 0.2) is 6.61 Å². The predicted octanol–water partition coefficient (Wildman–Crippen LogP) is 3.31. The van der Waals surface area contributed by atoms with Gasteiger partial charge < -0.3 is 15.0 Å². The van der Waals surface area contributed by atoms with Gasteiger partial charge in [-0.1, -0.05) is 15.9 Å². The number of halogens is 1. The lowest BCUT2D eigenvalue weighted by molar-refractivity contribution is -0.119. The summed E-state index contributed by atoms with van der Waals surface area (Å²) in [5, 5.41) is 2.66. The van der Waals surface area contributed by atoms with Crippen molar-refractivity contribution in [1.29, 1.82) is 0 Å². The highest BCUT2D eigenvalue weighted by molar-refractivity contribution is 9.10. The van der Waals surface area contributed by atoms with Crippen LogP contribution in [0.3, 0.4) is 0 Å². The van der Waals surface area contributed by atoms with Gasteiger partial charge in [0.2, 0.25) is 0 Å². The van der Waals surface area contributed by atoms with E-state index in [0.717, 1.165) is 10.2 Å². The number of hydrogen-bond acceptors (Lipinski definition) is 4. The molecule has 0 bridgehead atoms. The van der Waals surface area contributed by atoms with Crippen molar-refractivity contribution < 1.29 is 14.3 Å². The summed E-state index contributed by atoms with van der Waals surface area (Å²) in [6.07, 6.45) is 0. The van der Waals surface area contributed by atoms with Crippen LogP contribution < -0.4 is 10.2 Å². The molecule has 0 aliphatic rings. The lowest BCUT2D eigenvalue weighted by Gasteiger charge is -2.12. The molecule has 0 aliphatic heterocycles. The second kappa shape index (κ2) is 7.78. The standard InChI is InChI=1S/C17H17BrN2O3/c1-20(2)15-9-3-12(4-10-15)17(22)23-11-16(21)19-14-7-5-13(18)6-8-14/h3-10H,11H2,1-2H3,(H,19,21). The summed E-state index contributed by atoms with van der Waals surface area (Å²) in [7, 11) is 3.83. The first-order valence-corrected chi connectivity index (χ1v) is 7.75. The van der Waals surface area contributed by atoms with Crippen LogP contribution in [0.4, 0.5) is 11.4 Å². The molecule has 0 radical (unpaired) electrons. The summed E-state index contributed by atoms with van der Waals surface area (Å²) in [5.74, 6) is -0.910. The van der Waals surface area contributed by atoms with Gasteiger partial charge >= 0.3 is 5.97 Å². The lowest BCUT2D eigenvalue weighted by atomic mass is 10.2. The molecule has 0 aromatic heterocycles. The van der Waals surface area contributed by atoms with Gasteiger partial charge in [0.1, 0.15) is 0 Å². The summed E-state index contributed by atoms with van der Waals surface area (Å²) in [6.45, 7) is -0.329. The van der Waals surface area contributed by atoms with E-state index in [2.05, 4.69) is 21.2 Å². The minimum Gasteiger partial charge on any atom is -0.452 e. The number of rotatable bonds is 5. The molecule has 2 aromatic rings. The van der Waals surface area contributed by atoms with Crippen LogP contribution in [-0.4, -0.2) is 32.6 Å². The minimum atomic E-state index is -0.527. The highest BCUT2D eigenvalue weighted by atomic mass is 79.9. The SMILES string of the molecule is CN(C)c1ccc(C(=O)OCC(=O)Nc2ccc(Br)cc2)cc1. The number of hydrogen-bond donors (Lipinski definition) is 1. The molecule has 0 spiro atoms. The highest BCUT2D eigenvalue weighted by Crippen LogP contribution is 2.15. The molecule has 2 aromatic carbocycles. The van der Waals surface area contributed by atoms with Crippen LogP contribution >= 0.6 is 15.9 Å². The number of nitrogens with one attached hydrogen (secondary N) is 1. The van der Waals surface area contributed by atoms with E-state index in [1.807, 2.05) is 43.3 Å². The zero-order chi connectivity index (χ0) is 16.8. The van der Waals surface area contributed by atoms with E-state index in [1.165, 1.54) is 0 Å². The van der Waals surface area contributed by atoms with Crippen molar-refractivity contribution in [3.05, 3.63) is 58.6 Å². The molecule has 1 N–H and O–H groups in total. The molecule has 120 valence electrons. The summed E-state index contributed by atoms with van der Waals surface area (Å²) < 4.78 is 5.93. The predicted molar refractivity (Wildman–Crippen MR) is 93.8 cm³/mol. The van der Waals surface area contributed by atoms with E-state index in [-0.39, 0.29) is 12.5 Å². The molecule has 0 fully saturated rings. The summed E-state index contributed by atoms with van der Waals surface area (Å²) >= 11 is 3.32. The fourth-order valence-corrected chi connectivity index (χ4v) is 2.10. The molecule has 0 heterocycles. The van der Waals surface area contributed by atoms with E-state index in [4.69, 9.17) is 4.74 Å². The Bertz CT molecular complexity index is 682. The van der Waals surface area contributed by atoms with Crippen molar-refractivity contribution >= 4 is 39.2 Å². The second-order valence-corrected chi connectivity index (χ2v) is 5.99. The Morgan fingerprint density at radius 2 is 1.65 bits per heavy atom. The van der Waals surface area contributed by atoms with E-state index >= 15 is 0 Å². The summed E-state index contributed by atoms with van der Waals surface area (Å²) in [4.78, 5) is 25.6. The highest BCUT2D eigenvalue weighted by Gasteiger charge is 2.10. The molecular weight excluding hydrogens is 360 g/mol. The van der Waals surface area contributed by atoms with Crippen LogP contribution in [-0.2, 0) is 9.53 Å². The fourth-order valence-electron chi connectivity index (χ4n) is 1.84. The Hall–Kier alpha value is -2.34. The molecule has 2 rings (SSSR count). The largest absolute Gasteiger partial charge is 0.452 e. The van der Waals surface area contributed by atoms with Crippen molar-refractivity contribution in [2.75, 3.05) is 30.9 Å². The van der Waals surface area contributed by atoms with Crippen molar-refractivity contribution in [3.63, 3.8) is 0 Å². The van der Waals surface area contributed by atoms with Gasteiger partial charge in [0.25, 0.3) is 5.91 Å². The first kappa shape index (κ1) is 17.0. The Balaban J connectivity index is 1.85. The van der Waals surface area contributed by atoms with Gasteiger partial charge in [0, 0.05) is 29.9 Å². The van der Waals surface area contributed by atoms with Crippen molar-refractivity contribution in [1.82, 2.24) is 0 Å². The molecule has 5 nitrogen and oxygen atoms in total. The first-order valence-electron chi connectivity index (χ1n) is 6.95. The van der Waals surface area contributed by atoms with E-state index in [9.17, 15) is 9.59 Å². The molecule has 23 heavy (non-hydrogen) atoms. The number of anilines is 2. The third-order valence-corrected chi connectivity index (χ3v) is 3.61. The van der Waals surface area contributed by atoms with E-state index < -0.39 is 5.97 Å². The quantitative estimate of drug-likeness (QED) is 0.813. The smallest absolute Gasteiger partial charge is 0.338 e. The second-order valence-electron chi connectivity index (χ2n) is 5.07. The molecule has 0 saturated heterocycles. The van der Waals surface area contributed by atoms with Gasteiger partial charge in [0.05, 0.1) is 5.56 Å². The Labute approximate surface area is 143 Å².